The van der Waals surface area contributed by atoms with Gasteiger partial charge in [-0.3, -0.25) is 9.59 Å². The Kier molecular flexibility index (Phi) is 4.25. The van der Waals surface area contributed by atoms with Crippen molar-refractivity contribution in [2.45, 2.75) is 26.8 Å². The third kappa shape index (κ3) is 2.88. The summed E-state index contributed by atoms with van der Waals surface area (Å²) in [6.07, 6.45) is 0.714. The highest BCUT2D eigenvalue weighted by Gasteiger charge is 2.16. The molecule has 0 fully saturated rings. The lowest BCUT2D eigenvalue weighted by Gasteiger charge is -2.14. The standard InChI is InChI=1S/C13H19N5O3/c1-5-9-7-10-12(20)17(8-11(19)21-6-2)15-13(16(3)4)18(10)14-9/h7H,5-6,8H2,1-4H3. The smallest absolute Gasteiger partial charge is 0.327 e. The van der Waals surface area contributed by atoms with Gasteiger partial charge in [-0.1, -0.05) is 6.92 Å². The molecule has 0 aliphatic heterocycles. The maximum Gasteiger partial charge on any atom is 0.327 e. The summed E-state index contributed by atoms with van der Waals surface area (Å²) in [5.41, 5.74) is 0.835. The SMILES string of the molecule is CCOC(=O)Cn1nc(N(C)C)n2nc(CC)cc2c1=O. The van der Waals surface area contributed by atoms with E-state index in [4.69, 9.17) is 4.74 Å². The molecule has 0 radical (unpaired) electrons. The van der Waals surface area contributed by atoms with Gasteiger partial charge < -0.3 is 9.64 Å². The maximum absolute atomic E-state index is 12.4. The first-order valence-corrected chi connectivity index (χ1v) is 6.80. The minimum atomic E-state index is -0.489. The lowest BCUT2D eigenvalue weighted by atomic mass is 10.3. The fourth-order valence-electron chi connectivity index (χ4n) is 1.95. The van der Waals surface area contributed by atoms with Crippen LogP contribution in [0.3, 0.4) is 0 Å². The molecule has 8 heteroatoms. The average Bonchev–Trinajstić information content (AvgIpc) is 2.86. The van der Waals surface area contributed by atoms with Crippen molar-refractivity contribution in [2.75, 3.05) is 25.6 Å². The fraction of sp³-hybridized carbons (Fsp3) is 0.538. The van der Waals surface area contributed by atoms with Crippen LogP contribution in [0.25, 0.3) is 5.52 Å². The lowest BCUT2D eigenvalue weighted by molar-refractivity contribution is -0.144. The average molecular weight is 293 g/mol. The molecule has 0 amide bonds. The Balaban J connectivity index is 2.59. The summed E-state index contributed by atoms with van der Waals surface area (Å²) in [6, 6.07) is 1.72. The Morgan fingerprint density at radius 3 is 2.62 bits per heavy atom. The number of rotatable bonds is 5. The molecular formula is C13H19N5O3. The van der Waals surface area contributed by atoms with Gasteiger partial charge in [0.1, 0.15) is 12.1 Å². The minimum Gasteiger partial charge on any atom is -0.465 e. The third-order valence-electron chi connectivity index (χ3n) is 2.96. The van der Waals surface area contributed by atoms with Gasteiger partial charge in [0.25, 0.3) is 5.56 Å². The first-order valence-electron chi connectivity index (χ1n) is 6.80. The van der Waals surface area contributed by atoms with Crippen LogP contribution in [0.1, 0.15) is 19.5 Å². The summed E-state index contributed by atoms with van der Waals surface area (Å²) in [5.74, 6) is -0.00927. The van der Waals surface area contributed by atoms with Crippen molar-refractivity contribution in [2.24, 2.45) is 0 Å². The van der Waals surface area contributed by atoms with Crippen LogP contribution >= 0.6 is 0 Å². The summed E-state index contributed by atoms with van der Waals surface area (Å²) in [7, 11) is 3.60. The monoisotopic (exact) mass is 293 g/mol. The van der Waals surface area contributed by atoms with Crippen LogP contribution < -0.4 is 10.5 Å². The van der Waals surface area contributed by atoms with Crippen LogP contribution in [-0.4, -0.2) is 46.1 Å². The van der Waals surface area contributed by atoms with Gasteiger partial charge in [0.15, 0.2) is 0 Å². The van der Waals surface area contributed by atoms with Gasteiger partial charge >= 0.3 is 5.97 Å². The third-order valence-corrected chi connectivity index (χ3v) is 2.96. The zero-order valence-electron chi connectivity index (χ0n) is 12.7. The molecule has 0 N–H and O–H groups in total. The van der Waals surface area contributed by atoms with Crippen molar-refractivity contribution in [3.63, 3.8) is 0 Å². The maximum atomic E-state index is 12.4. The number of aryl methyl sites for hydroxylation is 1. The molecule has 0 bridgehead atoms. The van der Waals surface area contributed by atoms with E-state index in [0.29, 0.717) is 17.9 Å². The first-order chi connectivity index (χ1) is 9.97. The van der Waals surface area contributed by atoms with Crippen LogP contribution in [0, 0.1) is 0 Å². The number of esters is 1. The zero-order valence-corrected chi connectivity index (χ0v) is 12.7. The quantitative estimate of drug-likeness (QED) is 0.726. The molecule has 2 aromatic rings. The molecule has 0 unspecified atom stereocenters. The Morgan fingerprint density at radius 2 is 2.05 bits per heavy atom. The van der Waals surface area contributed by atoms with Crippen molar-refractivity contribution in [1.29, 1.82) is 0 Å². The number of hydrogen-bond acceptors (Lipinski definition) is 6. The molecule has 0 aliphatic carbocycles. The van der Waals surface area contributed by atoms with Crippen LogP contribution in [0.5, 0.6) is 0 Å². The normalized spacial score (nSPS) is 10.9. The Morgan fingerprint density at radius 1 is 1.33 bits per heavy atom. The molecule has 2 rings (SSSR count). The van der Waals surface area contributed by atoms with Crippen molar-refractivity contribution in [1.82, 2.24) is 19.4 Å². The van der Waals surface area contributed by atoms with Gasteiger partial charge in [-0.15, -0.1) is 5.10 Å². The summed E-state index contributed by atoms with van der Waals surface area (Å²) in [5, 5.41) is 8.55. The van der Waals surface area contributed by atoms with E-state index in [1.54, 1.807) is 32.0 Å². The van der Waals surface area contributed by atoms with Gasteiger partial charge in [-0.05, 0) is 19.4 Å². The van der Waals surface area contributed by atoms with Crippen LogP contribution in [0.4, 0.5) is 5.95 Å². The zero-order chi connectivity index (χ0) is 15.6. The highest BCUT2D eigenvalue weighted by atomic mass is 16.5. The second-order valence-electron chi connectivity index (χ2n) is 4.75. The summed E-state index contributed by atoms with van der Waals surface area (Å²) >= 11 is 0. The predicted octanol–water partition coefficient (Wildman–Crippen LogP) is 0.0825. The second-order valence-corrected chi connectivity index (χ2v) is 4.75. The molecule has 0 saturated carbocycles. The van der Waals surface area contributed by atoms with Crippen LogP contribution in [0.15, 0.2) is 10.9 Å². The molecule has 2 heterocycles. The largest absolute Gasteiger partial charge is 0.465 e. The number of nitrogens with zero attached hydrogens (tertiary/aromatic N) is 5. The molecule has 2 aromatic heterocycles. The molecule has 0 saturated heterocycles. The summed E-state index contributed by atoms with van der Waals surface area (Å²) < 4.78 is 7.48. The number of carbonyl (C=O) groups is 1. The van der Waals surface area contributed by atoms with Gasteiger partial charge in [-0.25, -0.2) is 4.68 Å². The van der Waals surface area contributed by atoms with Crippen molar-refractivity contribution in [3.8, 4) is 0 Å². The Bertz CT molecular complexity index is 716. The number of ether oxygens (including phenoxy) is 1. The van der Waals surface area contributed by atoms with E-state index in [1.165, 1.54) is 4.52 Å². The highest BCUT2D eigenvalue weighted by molar-refractivity contribution is 5.69. The van der Waals surface area contributed by atoms with Crippen molar-refractivity contribution >= 4 is 17.4 Å². The van der Waals surface area contributed by atoms with Crippen molar-refractivity contribution in [3.05, 3.63) is 22.1 Å². The van der Waals surface area contributed by atoms with Crippen LogP contribution in [-0.2, 0) is 22.5 Å². The van der Waals surface area contributed by atoms with Gasteiger partial charge in [0.2, 0.25) is 5.95 Å². The fourth-order valence-corrected chi connectivity index (χ4v) is 1.95. The molecule has 0 spiro atoms. The molecule has 0 atom stereocenters. The Hall–Kier alpha value is -2.38. The van der Waals surface area contributed by atoms with Crippen LogP contribution in [0.2, 0.25) is 0 Å². The van der Waals surface area contributed by atoms with E-state index < -0.39 is 5.97 Å². The van der Waals surface area contributed by atoms with Crippen molar-refractivity contribution < 1.29 is 9.53 Å². The molecule has 8 nitrogen and oxygen atoms in total. The molecule has 0 aliphatic rings. The minimum absolute atomic E-state index is 0.212. The Labute approximate surface area is 121 Å². The number of aromatic nitrogens is 4. The number of carbonyl (C=O) groups excluding carboxylic acids is 1. The van der Waals surface area contributed by atoms with Gasteiger partial charge in [-0.2, -0.15) is 9.61 Å². The van der Waals surface area contributed by atoms with E-state index in [-0.39, 0.29) is 18.7 Å². The number of anilines is 1. The van der Waals surface area contributed by atoms with E-state index in [2.05, 4.69) is 10.2 Å². The first kappa shape index (κ1) is 15.0. The van der Waals surface area contributed by atoms with E-state index in [9.17, 15) is 9.59 Å². The molecule has 0 aromatic carbocycles. The topological polar surface area (TPSA) is 81.7 Å². The summed E-state index contributed by atoms with van der Waals surface area (Å²) in [4.78, 5) is 25.7. The second kappa shape index (κ2) is 5.94. The lowest BCUT2D eigenvalue weighted by Crippen LogP contribution is -2.32. The van der Waals surface area contributed by atoms with Gasteiger partial charge in [0.05, 0.1) is 12.3 Å². The van der Waals surface area contributed by atoms with E-state index >= 15 is 0 Å². The summed E-state index contributed by atoms with van der Waals surface area (Å²) in [6.45, 7) is 3.73. The number of fused-ring (bicyclic) bond motifs is 1. The van der Waals surface area contributed by atoms with E-state index in [1.807, 2.05) is 6.92 Å². The van der Waals surface area contributed by atoms with E-state index in [0.717, 1.165) is 10.4 Å². The molecule has 114 valence electrons. The predicted molar refractivity (Wildman–Crippen MR) is 77.6 cm³/mol. The highest BCUT2D eigenvalue weighted by Crippen LogP contribution is 2.10. The molecule has 21 heavy (non-hydrogen) atoms. The number of hydrogen-bond donors (Lipinski definition) is 0. The van der Waals surface area contributed by atoms with Gasteiger partial charge in [0, 0.05) is 14.1 Å². The molecular weight excluding hydrogens is 274 g/mol.